The van der Waals surface area contributed by atoms with Crippen LogP contribution in [0.3, 0.4) is 0 Å². The average Bonchev–Trinajstić information content (AvgIpc) is 2.91. The van der Waals surface area contributed by atoms with Crippen molar-refractivity contribution in [2.75, 3.05) is 0 Å². The van der Waals surface area contributed by atoms with E-state index in [1.165, 1.54) is 24.3 Å². The summed E-state index contributed by atoms with van der Waals surface area (Å²) in [5.41, 5.74) is -0.209. The zero-order chi connectivity index (χ0) is 17.6. The Labute approximate surface area is 153 Å². The summed E-state index contributed by atoms with van der Waals surface area (Å²) in [6.45, 7) is 0. The number of aromatic amines is 1. The van der Waals surface area contributed by atoms with Gasteiger partial charge in [0.25, 0.3) is 0 Å². The van der Waals surface area contributed by atoms with Gasteiger partial charge in [-0.05, 0) is 24.3 Å². The molecule has 0 unspecified atom stereocenters. The van der Waals surface area contributed by atoms with Crippen LogP contribution in [0.2, 0.25) is 20.1 Å². The lowest BCUT2D eigenvalue weighted by atomic mass is 10.3. The van der Waals surface area contributed by atoms with Gasteiger partial charge in [0, 0.05) is 5.02 Å². The molecular formula is C14H5Cl4F3N2O. The minimum absolute atomic E-state index is 0.00380. The van der Waals surface area contributed by atoms with Gasteiger partial charge in [-0.25, -0.2) is 4.98 Å². The topological polar surface area (TPSA) is 37.9 Å². The quantitative estimate of drug-likeness (QED) is 0.489. The van der Waals surface area contributed by atoms with Crippen LogP contribution in [0.15, 0.2) is 24.3 Å². The summed E-state index contributed by atoms with van der Waals surface area (Å²) < 4.78 is 44.2. The number of nitrogens with one attached hydrogen (secondary N) is 1. The van der Waals surface area contributed by atoms with Crippen molar-refractivity contribution < 1.29 is 17.9 Å². The van der Waals surface area contributed by atoms with Crippen molar-refractivity contribution in [1.82, 2.24) is 9.97 Å². The molecule has 0 aliphatic heterocycles. The van der Waals surface area contributed by atoms with Crippen LogP contribution in [0.4, 0.5) is 13.2 Å². The first-order valence-corrected chi connectivity index (χ1v) is 7.76. The van der Waals surface area contributed by atoms with Gasteiger partial charge in [-0.15, -0.1) is 0 Å². The normalized spacial score (nSPS) is 12.0. The maximum Gasteiger partial charge on any atom is 0.449 e. The molecule has 0 fully saturated rings. The van der Waals surface area contributed by atoms with Crippen molar-refractivity contribution in [2.45, 2.75) is 6.18 Å². The van der Waals surface area contributed by atoms with Crippen LogP contribution in [-0.2, 0) is 6.18 Å². The Bertz CT molecular complexity index is 940. The van der Waals surface area contributed by atoms with Crippen molar-refractivity contribution in [2.24, 2.45) is 0 Å². The number of halogens is 7. The molecule has 0 amide bonds. The molecule has 0 saturated carbocycles. The molecule has 24 heavy (non-hydrogen) atoms. The van der Waals surface area contributed by atoms with Crippen molar-refractivity contribution in [1.29, 1.82) is 0 Å². The summed E-state index contributed by atoms with van der Waals surface area (Å²) in [6, 6.07) is 5.64. The summed E-state index contributed by atoms with van der Waals surface area (Å²) in [4.78, 5) is 5.60. The average molecular weight is 416 g/mol. The number of imidazole rings is 1. The second kappa shape index (κ2) is 6.19. The fraction of sp³-hybridized carbons (Fsp3) is 0.0714. The highest BCUT2D eigenvalue weighted by molar-refractivity contribution is 6.39. The third kappa shape index (κ3) is 3.24. The summed E-state index contributed by atoms with van der Waals surface area (Å²) in [5.74, 6) is -1.13. The highest BCUT2D eigenvalue weighted by Gasteiger charge is 2.36. The molecule has 0 atom stereocenters. The molecule has 0 saturated heterocycles. The molecule has 0 aliphatic rings. The third-order valence-electron chi connectivity index (χ3n) is 3.00. The third-order valence-corrected chi connectivity index (χ3v) is 4.10. The van der Waals surface area contributed by atoms with Gasteiger partial charge in [0.1, 0.15) is 16.8 Å². The predicted molar refractivity (Wildman–Crippen MR) is 87.7 cm³/mol. The minimum atomic E-state index is -4.68. The first-order chi connectivity index (χ1) is 11.2. The van der Waals surface area contributed by atoms with Crippen molar-refractivity contribution in [3.63, 3.8) is 0 Å². The predicted octanol–water partition coefficient (Wildman–Crippen LogP) is 6.99. The summed E-state index contributed by atoms with van der Waals surface area (Å²) >= 11 is 23.8. The molecule has 1 heterocycles. The SMILES string of the molecule is FC(F)(F)c1nc2c(Cl)cc(Cl)c(Oc3ccc(Cl)cc3Cl)c2[nH]1. The molecule has 0 spiro atoms. The van der Waals surface area contributed by atoms with Crippen LogP contribution < -0.4 is 4.74 Å². The number of rotatable bonds is 2. The highest BCUT2D eigenvalue weighted by Crippen LogP contribution is 2.42. The van der Waals surface area contributed by atoms with Crippen LogP contribution in [0.1, 0.15) is 5.82 Å². The maximum absolute atomic E-state index is 12.9. The van der Waals surface area contributed by atoms with Gasteiger partial charge in [0.15, 0.2) is 5.75 Å². The fourth-order valence-electron chi connectivity index (χ4n) is 1.98. The zero-order valence-electron chi connectivity index (χ0n) is 11.3. The lowest BCUT2D eigenvalue weighted by Crippen LogP contribution is -2.06. The first-order valence-electron chi connectivity index (χ1n) is 6.24. The summed E-state index contributed by atoms with van der Waals surface area (Å²) in [6.07, 6.45) is -4.68. The maximum atomic E-state index is 12.9. The number of hydrogen-bond acceptors (Lipinski definition) is 2. The minimum Gasteiger partial charge on any atom is -0.452 e. The Balaban J connectivity index is 2.18. The van der Waals surface area contributed by atoms with Crippen LogP contribution in [-0.4, -0.2) is 9.97 Å². The largest absolute Gasteiger partial charge is 0.452 e. The van der Waals surface area contributed by atoms with E-state index in [2.05, 4.69) is 9.97 Å². The number of benzene rings is 2. The summed E-state index contributed by atoms with van der Waals surface area (Å²) in [5, 5.41) is 0.491. The Hall–Kier alpha value is -1.34. The van der Waals surface area contributed by atoms with E-state index >= 15 is 0 Å². The molecule has 3 nitrogen and oxygen atoms in total. The second-order valence-corrected chi connectivity index (χ2v) is 6.31. The lowest BCUT2D eigenvalue weighted by molar-refractivity contribution is -0.144. The van der Waals surface area contributed by atoms with Gasteiger partial charge in [-0.2, -0.15) is 13.2 Å². The number of fused-ring (bicyclic) bond motifs is 1. The fourth-order valence-corrected chi connectivity index (χ4v) is 2.97. The van der Waals surface area contributed by atoms with E-state index in [1.807, 2.05) is 0 Å². The van der Waals surface area contributed by atoms with Crippen LogP contribution in [0.5, 0.6) is 11.5 Å². The number of aromatic nitrogens is 2. The lowest BCUT2D eigenvalue weighted by Gasteiger charge is -2.11. The standard InChI is InChI=1S/C14H5Cl4F3N2O/c15-5-1-2-9(6(16)3-5)24-12-8(18)4-7(17)10-11(12)23-13(22-10)14(19,20)21/h1-4H,(H,22,23). The van der Waals surface area contributed by atoms with Crippen molar-refractivity contribution in [3.8, 4) is 11.5 Å². The Morgan fingerprint density at radius 1 is 0.958 bits per heavy atom. The van der Waals surface area contributed by atoms with Gasteiger partial charge in [-0.3, -0.25) is 0 Å². The smallest absolute Gasteiger partial charge is 0.449 e. The Kier molecular flexibility index (Phi) is 4.51. The molecule has 2 aromatic carbocycles. The molecule has 1 aromatic heterocycles. The van der Waals surface area contributed by atoms with Gasteiger partial charge in [0.2, 0.25) is 5.82 Å². The number of alkyl halides is 3. The second-order valence-electron chi connectivity index (χ2n) is 4.65. The zero-order valence-corrected chi connectivity index (χ0v) is 14.3. The number of hydrogen-bond donors (Lipinski definition) is 1. The molecule has 3 rings (SSSR count). The molecule has 0 aliphatic carbocycles. The molecule has 0 bridgehead atoms. The Morgan fingerprint density at radius 3 is 2.29 bits per heavy atom. The van der Waals surface area contributed by atoms with E-state index in [-0.39, 0.29) is 37.6 Å². The molecule has 126 valence electrons. The molecule has 1 N–H and O–H groups in total. The van der Waals surface area contributed by atoms with E-state index in [0.717, 1.165) is 0 Å². The van der Waals surface area contributed by atoms with Crippen molar-refractivity contribution in [3.05, 3.63) is 50.2 Å². The molecule has 3 aromatic rings. The molecular weight excluding hydrogens is 411 g/mol. The highest BCUT2D eigenvalue weighted by atomic mass is 35.5. The van der Waals surface area contributed by atoms with Crippen LogP contribution >= 0.6 is 46.4 Å². The monoisotopic (exact) mass is 414 g/mol. The number of H-pyrrole nitrogens is 1. The van der Waals surface area contributed by atoms with Gasteiger partial charge >= 0.3 is 6.18 Å². The van der Waals surface area contributed by atoms with Crippen LogP contribution in [0, 0.1) is 0 Å². The van der Waals surface area contributed by atoms with Crippen molar-refractivity contribution >= 4 is 57.4 Å². The number of nitrogens with zero attached hydrogens (tertiary/aromatic N) is 1. The van der Waals surface area contributed by atoms with E-state index in [0.29, 0.717) is 5.02 Å². The molecule has 0 radical (unpaired) electrons. The van der Waals surface area contributed by atoms with E-state index < -0.39 is 12.0 Å². The van der Waals surface area contributed by atoms with E-state index in [9.17, 15) is 13.2 Å². The Morgan fingerprint density at radius 2 is 1.67 bits per heavy atom. The first kappa shape index (κ1) is 17.5. The van der Waals surface area contributed by atoms with E-state index in [4.69, 9.17) is 51.1 Å². The summed E-state index contributed by atoms with van der Waals surface area (Å²) in [7, 11) is 0. The number of ether oxygens (including phenoxy) is 1. The van der Waals surface area contributed by atoms with Gasteiger partial charge in [-0.1, -0.05) is 46.4 Å². The van der Waals surface area contributed by atoms with Gasteiger partial charge in [0.05, 0.1) is 15.1 Å². The van der Waals surface area contributed by atoms with E-state index in [1.54, 1.807) is 0 Å². The van der Waals surface area contributed by atoms with Crippen LogP contribution in [0.25, 0.3) is 11.0 Å². The van der Waals surface area contributed by atoms with Gasteiger partial charge < -0.3 is 9.72 Å². The molecule has 10 heteroatoms.